The third-order valence-corrected chi connectivity index (χ3v) is 1.97. The van der Waals surface area contributed by atoms with Crippen LogP contribution >= 0.6 is 0 Å². The van der Waals surface area contributed by atoms with Crippen LogP contribution in [0.25, 0.3) is 5.70 Å². The Labute approximate surface area is 92.0 Å². The monoisotopic (exact) mass is 221 g/mol. The lowest BCUT2D eigenvalue weighted by molar-refractivity contribution is -0.385. The van der Waals surface area contributed by atoms with E-state index in [1.165, 1.54) is 25.3 Å². The van der Waals surface area contributed by atoms with Gasteiger partial charge in [0.1, 0.15) is 0 Å². The van der Waals surface area contributed by atoms with Gasteiger partial charge in [-0.25, -0.2) is 0 Å². The third-order valence-electron chi connectivity index (χ3n) is 1.97. The minimum absolute atomic E-state index is 0.100. The summed E-state index contributed by atoms with van der Waals surface area (Å²) in [6, 6.07) is 4.45. The summed E-state index contributed by atoms with van der Waals surface area (Å²) >= 11 is 0. The zero-order chi connectivity index (χ0) is 12.1. The predicted octanol–water partition coefficient (Wildman–Crippen LogP) is 1.55. The van der Waals surface area contributed by atoms with Gasteiger partial charge >= 0.3 is 5.69 Å². The van der Waals surface area contributed by atoms with Crippen LogP contribution < -0.4 is 10.5 Å². The van der Waals surface area contributed by atoms with Crippen LogP contribution in [0.1, 0.15) is 5.56 Å². The molecule has 0 aliphatic carbocycles. The lowest BCUT2D eigenvalue weighted by Gasteiger charge is -2.08. The van der Waals surface area contributed by atoms with Gasteiger partial charge in [-0.3, -0.25) is 10.1 Å². The predicted molar refractivity (Wildman–Crippen MR) is 60.6 cm³/mol. The van der Waals surface area contributed by atoms with Crippen molar-refractivity contribution in [1.82, 2.24) is 0 Å². The van der Waals surface area contributed by atoms with Crippen molar-refractivity contribution in [1.29, 1.82) is 5.41 Å². The molecule has 84 valence electrons. The summed E-state index contributed by atoms with van der Waals surface area (Å²) in [6.07, 6.45) is 2.34. The molecule has 6 nitrogen and oxygen atoms in total. The number of rotatable bonds is 4. The molecule has 1 aromatic carbocycles. The first-order valence-electron chi connectivity index (χ1n) is 4.39. The first-order chi connectivity index (χ1) is 7.61. The van der Waals surface area contributed by atoms with Crippen LogP contribution in [0.15, 0.2) is 24.3 Å². The first kappa shape index (κ1) is 11.7. The van der Waals surface area contributed by atoms with Crippen molar-refractivity contribution in [2.45, 2.75) is 0 Å². The molecule has 0 aliphatic heterocycles. The van der Waals surface area contributed by atoms with Crippen molar-refractivity contribution >= 4 is 17.6 Å². The number of benzene rings is 1. The largest absolute Gasteiger partial charge is 0.490 e. The summed E-state index contributed by atoms with van der Waals surface area (Å²) < 4.78 is 4.97. The van der Waals surface area contributed by atoms with Gasteiger partial charge in [0.2, 0.25) is 5.75 Å². The van der Waals surface area contributed by atoms with E-state index in [1.54, 1.807) is 6.07 Å². The van der Waals surface area contributed by atoms with Crippen LogP contribution in [0.2, 0.25) is 0 Å². The maximum atomic E-state index is 10.7. The third kappa shape index (κ3) is 2.17. The standard InChI is InChI=1S/C10H11N3O3/c1-16-10-7(8(12)5-6-11)3-2-4-9(10)13(14)15/h2-6,11H,12H2,1H3/b8-5-,11-6?. The smallest absolute Gasteiger partial charge is 0.311 e. The molecule has 3 N–H and O–H groups in total. The highest BCUT2D eigenvalue weighted by molar-refractivity contribution is 5.84. The van der Waals surface area contributed by atoms with Gasteiger partial charge < -0.3 is 15.9 Å². The highest BCUT2D eigenvalue weighted by Crippen LogP contribution is 2.32. The topological polar surface area (TPSA) is 102 Å². The normalized spacial score (nSPS) is 10.9. The molecule has 0 saturated heterocycles. The fourth-order valence-electron chi connectivity index (χ4n) is 1.29. The highest BCUT2D eigenvalue weighted by Gasteiger charge is 2.18. The summed E-state index contributed by atoms with van der Waals surface area (Å²) in [4.78, 5) is 10.2. The lowest BCUT2D eigenvalue weighted by atomic mass is 10.1. The summed E-state index contributed by atoms with van der Waals surface area (Å²) in [6.45, 7) is 0. The fourth-order valence-corrected chi connectivity index (χ4v) is 1.29. The van der Waals surface area contributed by atoms with Crippen LogP contribution in [0.3, 0.4) is 0 Å². The van der Waals surface area contributed by atoms with E-state index in [0.29, 0.717) is 5.56 Å². The highest BCUT2D eigenvalue weighted by atomic mass is 16.6. The molecule has 0 atom stereocenters. The Morgan fingerprint density at radius 3 is 2.81 bits per heavy atom. The average molecular weight is 221 g/mol. The molecule has 16 heavy (non-hydrogen) atoms. The number of ether oxygens (including phenoxy) is 1. The van der Waals surface area contributed by atoms with Crippen molar-refractivity contribution in [3.8, 4) is 5.75 Å². The number of nitrogens with two attached hydrogens (primary N) is 1. The van der Waals surface area contributed by atoms with Crippen molar-refractivity contribution < 1.29 is 9.66 Å². The number of nitro groups is 1. The van der Waals surface area contributed by atoms with E-state index in [9.17, 15) is 10.1 Å². The molecular formula is C10H11N3O3. The molecule has 0 bridgehead atoms. The second kappa shape index (κ2) is 4.92. The lowest BCUT2D eigenvalue weighted by Crippen LogP contribution is -2.02. The summed E-state index contributed by atoms with van der Waals surface area (Å²) in [5, 5.41) is 17.6. The molecule has 0 unspecified atom stereocenters. The molecule has 0 radical (unpaired) electrons. The van der Waals surface area contributed by atoms with Crippen LogP contribution in [0, 0.1) is 15.5 Å². The fraction of sp³-hybridized carbons (Fsp3) is 0.100. The van der Waals surface area contributed by atoms with Gasteiger partial charge in [-0.1, -0.05) is 6.07 Å². The number of nitrogens with one attached hydrogen (secondary N) is 1. The summed E-state index contributed by atoms with van der Waals surface area (Å²) in [5.41, 5.74) is 6.16. The van der Waals surface area contributed by atoms with Crippen molar-refractivity contribution in [2.24, 2.45) is 5.73 Å². The summed E-state index contributed by atoms with van der Waals surface area (Å²) in [5.74, 6) is 0.100. The van der Waals surface area contributed by atoms with Gasteiger partial charge in [0.25, 0.3) is 0 Å². The van der Waals surface area contributed by atoms with Gasteiger partial charge in [0, 0.05) is 23.5 Å². The average Bonchev–Trinajstić information content (AvgIpc) is 2.28. The number of nitrogens with zero attached hydrogens (tertiary/aromatic N) is 1. The zero-order valence-corrected chi connectivity index (χ0v) is 8.64. The molecule has 0 amide bonds. The molecule has 0 aliphatic rings. The van der Waals surface area contributed by atoms with Crippen molar-refractivity contribution in [3.63, 3.8) is 0 Å². The van der Waals surface area contributed by atoms with E-state index in [2.05, 4.69) is 0 Å². The Hall–Kier alpha value is -2.37. The van der Waals surface area contributed by atoms with Gasteiger partial charge in [-0.2, -0.15) is 0 Å². The molecular weight excluding hydrogens is 210 g/mol. The number of para-hydroxylation sites is 1. The number of hydrogen-bond donors (Lipinski definition) is 2. The van der Waals surface area contributed by atoms with Gasteiger partial charge in [-0.15, -0.1) is 0 Å². The SMILES string of the molecule is COc1c(/C(N)=C/C=N)cccc1[N+](=O)[O-]. The second-order valence-corrected chi connectivity index (χ2v) is 2.90. The van der Waals surface area contributed by atoms with E-state index in [-0.39, 0.29) is 17.1 Å². The van der Waals surface area contributed by atoms with E-state index in [1.807, 2.05) is 0 Å². The molecule has 1 aromatic rings. The van der Waals surface area contributed by atoms with E-state index in [0.717, 1.165) is 6.21 Å². The Kier molecular flexibility index (Phi) is 3.60. The molecule has 0 aromatic heterocycles. The molecule has 6 heteroatoms. The molecule has 0 spiro atoms. The molecule has 1 rings (SSSR count). The first-order valence-corrected chi connectivity index (χ1v) is 4.39. The van der Waals surface area contributed by atoms with Crippen LogP contribution in [-0.4, -0.2) is 18.2 Å². The van der Waals surface area contributed by atoms with Gasteiger partial charge in [0.05, 0.1) is 12.0 Å². The van der Waals surface area contributed by atoms with E-state index >= 15 is 0 Å². The van der Waals surface area contributed by atoms with E-state index < -0.39 is 4.92 Å². The maximum absolute atomic E-state index is 10.7. The van der Waals surface area contributed by atoms with Crippen molar-refractivity contribution in [3.05, 3.63) is 40.0 Å². The Bertz CT molecular complexity index is 455. The zero-order valence-electron chi connectivity index (χ0n) is 8.64. The Morgan fingerprint density at radius 2 is 2.31 bits per heavy atom. The summed E-state index contributed by atoms with van der Waals surface area (Å²) in [7, 11) is 1.34. The van der Waals surface area contributed by atoms with E-state index in [4.69, 9.17) is 15.9 Å². The van der Waals surface area contributed by atoms with Crippen LogP contribution in [0.5, 0.6) is 5.75 Å². The Morgan fingerprint density at radius 1 is 1.62 bits per heavy atom. The molecule has 0 heterocycles. The minimum Gasteiger partial charge on any atom is -0.490 e. The Balaban J connectivity index is 3.40. The number of methoxy groups -OCH3 is 1. The van der Waals surface area contributed by atoms with Crippen LogP contribution in [-0.2, 0) is 0 Å². The number of hydrogen-bond acceptors (Lipinski definition) is 5. The van der Waals surface area contributed by atoms with Crippen molar-refractivity contribution in [2.75, 3.05) is 7.11 Å². The number of nitro benzene ring substituents is 1. The van der Waals surface area contributed by atoms with Gasteiger partial charge in [-0.05, 0) is 12.1 Å². The molecule has 0 fully saturated rings. The minimum atomic E-state index is -0.542. The number of allylic oxidation sites excluding steroid dienone is 1. The quantitative estimate of drug-likeness (QED) is 0.457. The molecule has 0 saturated carbocycles. The van der Waals surface area contributed by atoms with Crippen LogP contribution in [0.4, 0.5) is 5.69 Å². The van der Waals surface area contributed by atoms with Gasteiger partial charge in [0.15, 0.2) is 0 Å². The maximum Gasteiger partial charge on any atom is 0.311 e. The second-order valence-electron chi connectivity index (χ2n) is 2.90.